The van der Waals surface area contributed by atoms with Gasteiger partial charge < -0.3 is 5.32 Å². The minimum Gasteiger partial charge on any atom is -0.384 e. The summed E-state index contributed by atoms with van der Waals surface area (Å²) in [6.07, 6.45) is 0.722. The van der Waals surface area contributed by atoms with Crippen LogP contribution in [-0.2, 0) is 6.42 Å². The van der Waals surface area contributed by atoms with E-state index >= 15 is 0 Å². The molecule has 21 heavy (non-hydrogen) atoms. The average Bonchev–Trinajstić information content (AvgIpc) is 2.42. The molecule has 0 bridgehead atoms. The van der Waals surface area contributed by atoms with E-state index in [0.717, 1.165) is 17.7 Å². The number of rotatable bonds is 5. The zero-order valence-electron chi connectivity index (χ0n) is 10.8. The molecule has 0 atom stereocenters. The lowest BCUT2D eigenvalue weighted by molar-refractivity contribution is -0.384. The molecule has 0 saturated heterocycles. The molecule has 0 unspecified atom stereocenters. The SMILES string of the molecule is O=[N+]([O-])c1ccc(NCCc2ccc(Cl)cc2Cl)c(Br)c1. The van der Waals surface area contributed by atoms with Crippen LogP contribution in [0.4, 0.5) is 11.4 Å². The number of nitro benzene ring substituents is 1. The Kier molecular flexibility index (Phi) is 5.45. The predicted molar refractivity (Wildman–Crippen MR) is 89.5 cm³/mol. The first kappa shape index (κ1) is 16.1. The highest BCUT2D eigenvalue weighted by atomic mass is 79.9. The van der Waals surface area contributed by atoms with Gasteiger partial charge in [-0.25, -0.2) is 0 Å². The number of nitro groups is 1. The highest BCUT2D eigenvalue weighted by Gasteiger charge is 2.09. The van der Waals surface area contributed by atoms with Crippen molar-refractivity contribution in [2.45, 2.75) is 6.42 Å². The second kappa shape index (κ2) is 7.11. The minimum absolute atomic E-state index is 0.0492. The smallest absolute Gasteiger partial charge is 0.270 e. The van der Waals surface area contributed by atoms with Crippen molar-refractivity contribution in [3.63, 3.8) is 0 Å². The van der Waals surface area contributed by atoms with Crippen LogP contribution in [0.25, 0.3) is 0 Å². The van der Waals surface area contributed by atoms with Crippen LogP contribution in [0.5, 0.6) is 0 Å². The highest BCUT2D eigenvalue weighted by Crippen LogP contribution is 2.27. The van der Waals surface area contributed by atoms with Crippen LogP contribution in [0.3, 0.4) is 0 Å². The number of hydrogen-bond acceptors (Lipinski definition) is 3. The molecule has 0 aliphatic rings. The molecular formula is C14H11BrCl2N2O2. The molecule has 0 aliphatic carbocycles. The number of non-ortho nitro benzene ring substituents is 1. The van der Waals surface area contributed by atoms with Gasteiger partial charge >= 0.3 is 0 Å². The monoisotopic (exact) mass is 388 g/mol. The maximum Gasteiger partial charge on any atom is 0.270 e. The van der Waals surface area contributed by atoms with E-state index in [-0.39, 0.29) is 5.69 Å². The zero-order valence-corrected chi connectivity index (χ0v) is 13.9. The van der Waals surface area contributed by atoms with Crippen molar-refractivity contribution >= 4 is 50.5 Å². The Balaban J connectivity index is 1.99. The molecule has 0 saturated carbocycles. The van der Waals surface area contributed by atoms with E-state index in [2.05, 4.69) is 21.2 Å². The fourth-order valence-corrected chi connectivity index (χ4v) is 2.83. The Bertz CT molecular complexity index is 680. The Morgan fingerprint density at radius 1 is 1.19 bits per heavy atom. The maximum absolute atomic E-state index is 10.7. The molecule has 0 fully saturated rings. The summed E-state index contributed by atoms with van der Waals surface area (Å²) in [6, 6.07) is 9.99. The number of nitrogens with zero attached hydrogens (tertiary/aromatic N) is 1. The molecule has 0 aromatic heterocycles. The summed E-state index contributed by atoms with van der Waals surface area (Å²) in [5.74, 6) is 0. The number of halogens is 3. The van der Waals surface area contributed by atoms with Gasteiger partial charge in [-0.05, 0) is 46.1 Å². The van der Waals surface area contributed by atoms with Crippen LogP contribution in [0.2, 0.25) is 10.0 Å². The lowest BCUT2D eigenvalue weighted by Crippen LogP contribution is -2.06. The zero-order chi connectivity index (χ0) is 15.4. The highest BCUT2D eigenvalue weighted by molar-refractivity contribution is 9.10. The van der Waals surface area contributed by atoms with Crippen LogP contribution >= 0.6 is 39.1 Å². The fourth-order valence-electron chi connectivity index (χ4n) is 1.82. The number of benzene rings is 2. The standard InChI is InChI=1S/C14H11BrCl2N2O2/c15-12-8-11(19(20)21)3-4-14(12)18-6-5-9-1-2-10(16)7-13(9)17/h1-4,7-8,18H,5-6H2. The topological polar surface area (TPSA) is 55.2 Å². The van der Waals surface area contributed by atoms with Crippen LogP contribution in [0, 0.1) is 10.1 Å². The van der Waals surface area contributed by atoms with Crippen molar-refractivity contribution in [3.05, 3.63) is 66.6 Å². The molecule has 2 aromatic rings. The summed E-state index contributed by atoms with van der Waals surface area (Å²) in [7, 11) is 0. The largest absolute Gasteiger partial charge is 0.384 e. The third-order valence-electron chi connectivity index (χ3n) is 2.89. The third-order valence-corrected chi connectivity index (χ3v) is 4.13. The van der Waals surface area contributed by atoms with Crippen LogP contribution in [-0.4, -0.2) is 11.5 Å². The Morgan fingerprint density at radius 2 is 1.95 bits per heavy atom. The van der Waals surface area contributed by atoms with Crippen LogP contribution in [0.15, 0.2) is 40.9 Å². The lowest BCUT2D eigenvalue weighted by atomic mass is 10.1. The Hall–Kier alpha value is -1.30. The summed E-state index contributed by atoms with van der Waals surface area (Å²) >= 11 is 15.3. The van der Waals surface area contributed by atoms with Crippen molar-refractivity contribution in [2.24, 2.45) is 0 Å². The lowest BCUT2D eigenvalue weighted by Gasteiger charge is -2.09. The molecular weight excluding hydrogens is 379 g/mol. The van der Waals surface area contributed by atoms with E-state index in [1.807, 2.05) is 6.07 Å². The minimum atomic E-state index is -0.429. The molecule has 7 heteroatoms. The molecule has 2 rings (SSSR count). The van der Waals surface area contributed by atoms with E-state index in [9.17, 15) is 10.1 Å². The molecule has 0 amide bonds. The second-order valence-electron chi connectivity index (χ2n) is 4.33. The Morgan fingerprint density at radius 3 is 2.57 bits per heavy atom. The first-order valence-corrected chi connectivity index (χ1v) is 7.64. The first-order valence-electron chi connectivity index (χ1n) is 6.09. The van der Waals surface area contributed by atoms with Gasteiger partial charge in [0.05, 0.1) is 4.92 Å². The van der Waals surface area contributed by atoms with Gasteiger partial charge in [0, 0.05) is 38.9 Å². The molecule has 4 nitrogen and oxygen atoms in total. The molecule has 1 N–H and O–H groups in total. The van der Waals surface area contributed by atoms with Gasteiger partial charge in [-0.3, -0.25) is 10.1 Å². The van der Waals surface area contributed by atoms with Crippen molar-refractivity contribution in [2.75, 3.05) is 11.9 Å². The molecule has 0 spiro atoms. The van der Waals surface area contributed by atoms with Gasteiger partial charge in [0.2, 0.25) is 0 Å². The average molecular weight is 390 g/mol. The molecule has 2 aromatic carbocycles. The molecule has 110 valence electrons. The van der Waals surface area contributed by atoms with Crippen molar-refractivity contribution in [3.8, 4) is 0 Å². The van der Waals surface area contributed by atoms with Gasteiger partial charge in [0.25, 0.3) is 5.69 Å². The third kappa shape index (κ3) is 4.33. The van der Waals surface area contributed by atoms with Gasteiger partial charge in [-0.2, -0.15) is 0 Å². The van der Waals surface area contributed by atoms with Crippen LogP contribution in [0.1, 0.15) is 5.56 Å². The van der Waals surface area contributed by atoms with Gasteiger partial charge in [-0.1, -0.05) is 29.3 Å². The summed E-state index contributed by atoms with van der Waals surface area (Å²) < 4.78 is 0.652. The number of hydrogen-bond donors (Lipinski definition) is 1. The van der Waals surface area contributed by atoms with E-state index in [1.54, 1.807) is 18.2 Å². The maximum atomic E-state index is 10.7. The molecule has 0 aliphatic heterocycles. The van der Waals surface area contributed by atoms with E-state index in [0.29, 0.717) is 21.1 Å². The summed E-state index contributed by atoms with van der Waals surface area (Å²) in [5.41, 5.74) is 1.84. The van der Waals surface area contributed by atoms with E-state index < -0.39 is 4.92 Å². The Labute approximate surface area is 140 Å². The van der Waals surface area contributed by atoms with Crippen molar-refractivity contribution in [1.82, 2.24) is 0 Å². The van der Waals surface area contributed by atoms with Gasteiger partial charge in [0.15, 0.2) is 0 Å². The van der Waals surface area contributed by atoms with Crippen molar-refractivity contribution < 1.29 is 4.92 Å². The van der Waals surface area contributed by atoms with E-state index in [1.165, 1.54) is 12.1 Å². The second-order valence-corrected chi connectivity index (χ2v) is 6.03. The fraction of sp³-hybridized carbons (Fsp3) is 0.143. The first-order chi connectivity index (χ1) is 9.97. The van der Waals surface area contributed by atoms with Gasteiger partial charge in [0.1, 0.15) is 0 Å². The summed E-state index contributed by atoms with van der Waals surface area (Å²) in [6.45, 7) is 0.651. The van der Waals surface area contributed by atoms with Crippen LogP contribution < -0.4 is 5.32 Å². The number of nitrogens with one attached hydrogen (secondary N) is 1. The van der Waals surface area contributed by atoms with Crippen molar-refractivity contribution in [1.29, 1.82) is 0 Å². The molecule has 0 radical (unpaired) electrons. The predicted octanol–water partition coefficient (Wildman–Crippen LogP) is 5.32. The van der Waals surface area contributed by atoms with Gasteiger partial charge in [-0.15, -0.1) is 0 Å². The van der Waals surface area contributed by atoms with E-state index in [4.69, 9.17) is 23.2 Å². The summed E-state index contributed by atoms with van der Waals surface area (Å²) in [4.78, 5) is 10.2. The quantitative estimate of drug-likeness (QED) is 0.556. The molecule has 0 heterocycles. The normalized spacial score (nSPS) is 10.4. The summed E-state index contributed by atoms with van der Waals surface area (Å²) in [5, 5.41) is 15.1. The number of anilines is 1.